The number of allylic oxidation sites excluding steroid dienone is 18. The molecular formula is C71H124NO8P. The fourth-order valence-electron chi connectivity index (χ4n) is 9.28. The number of nitrogens with two attached hydrogens (primary N) is 1. The quantitative estimate of drug-likeness (QED) is 0.0264. The van der Waals surface area contributed by atoms with Gasteiger partial charge in [-0.15, -0.1) is 0 Å². The molecule has 0 aromatic carbocycles. The molecule has 2 unspecified atom stereocenters. The van der Waals surface area contributed by atoms with Crippen LogP contribution in [0.4, 0.5) is 0 Å². The first kappa shape index (κ1) is 77.7. The zero-order valence-corrected chi connectivity index (χ0v) is 53.1. The Morgan fingerprint density at radius 2 is 0.679 bits per heavy atom. The van der Waals surface area contributed by atoms with Crippen molar-refractivity contribution >= 4 is 19.8 Å². The number of phosphoric ester groups is 1. The molecule has 0 heterocycles. The monoisotopic (exact) mass is 1150 g/mol. The van der Waals surface area contributed by atoms with E-state index in [4.69, 9.17) is 24.3 Å². The van der Waals surface area contributed by atoms with Gasteiger partial charge in [0.1, 0.15) is 6.61 Å². The molecule has 0 aromatic heterocycles. The van der Waals surface area contributed by atoms with Crippen molar-refractivity contribution < 1.29 is 37.6 Å². The van der Waals surface area contributed by atoms with Gasteiger partial charge in [-0.25, -0.2) is 4.57 Å². The van der Waals surface area contributed by atoms with Gasteiger partial charge in [0.25, 0.3) is 0 Å². The van der Waals surface area contributed by atoms with E-state index in [9.17, 15) is 19.0 Å². The Bertz CT molecular complexity index is 1690. The zero-order valence-electron chi connectivity index (χ0n) is 52.2. The van der Waals surface area contributed by atoms with Crippen LogP contribution in [0.1, 0.15) is 296 Å². The van der Waals surface area contributed by atoms with Gasteiger partial charge in [0.05, 0.1) is 13.2 Å². The molecule has 0 radical (unpaired) electrons. The summed E-state index contributed by atoms with van der Waals surface area (Å²) in [6, 6.07) is 0. The number of esters is 2. The fourth-order valence-corrected chi connectivity index (χ4v) is 10.0. The number of ether oxygens (including phenoxy) is 2. The lowest BCUT2D eigenvalue weighted by Gasteiger charge is -2.19. The summed E-state index contributed by atoms with van der Waals surface area (Å²) in [7, 11) is -4.40. The van der Waals surface area contributed by atoms with Crippen LogP contribution >= 0.6 is 7.82 Å². The highest BCUT2D eigenvalue weighted by molar-refractivity contribution is 7.47. The first-order valence-corrected chi connectivity index (χ1v) is 34.9. The number of carbonyl (C=O) groups is 2. The smallest absolute Gasteiger partial charge is 0.462 e. The van der Waals surface area contributed by atoms with Crippen LogP contribution in [-0.4, -0.2) is 49.3 Å². The topological polar surface area (TPSA) is 134 Å². The van der Waals surface area contributed by atoms with Crippen LogP contribution in [0.5, 0.6) is 0 Å². The molecule has 0 amide bonds. The van der Waals surface area contributed by atoms with Crippen molar-refractivity contribution in [3.05, 3.63) is 109 Å². The van der Waals surface area contributed by atoms with Crippen molar-refractivity contribution in [3.8, 4) is 0 Å². The number of hydrogen-bond acceptors (Lipinski definition) is 8. The average molecular weight is 1150 g/mol. The average Bonchev–Trinajstić information content (AvgIpc) is 3.46. The van der Waals surface area contributed by atoms with Gasteiger partial charge in [-0.3, -0.25) is 18.6 Å². The van der Waals surface area contributed by atoms with Crippen molar-refractivity contribution in [2.24, 2.45) is 5.73 Å². The minimum absolute atomic E-state index is 0.0505. The summed E-state index contributed by atoms with van der Waals surface area (Å²) in [4.78, 5) is 35.3. The standard InChI is InChI=1S/C71H124NO8P/c1-3-5-7-9-11-13-15-17-19-21-23-25-26-27-28-29-30-31-32-33-34-35-36-37-38-39-40-41-42-44-46-48-50-52-54-56-58-60-62-64-71(74)80-69(68-79-81(75,76)78-66-65-72)67-77-70(73)63-61-59-57-55-53-51-49-47-45-43-24-22-20-18-16-14-12-10-8-6-4-2/h5,7,11,13,17,19,23,25,27-28,30-31,33-34,36-37,39-40,69H,3-4,6,8-10,12,14-16,18,20-22,24,26,29,32,35,38,41-68,72H2,1-2H3,(H,75,76)/b7-5-,13-11-,19-17-,25-23-,28-27-,31-30-,34-33-,37-36-,40-39-. The number of hydrogen-bond donors (Lipinski definition) is 2. The summed E-state index contributed by atoms with van der Waals surface area (Å²) in [6.07, 6.45) is 90.2. The molecule has 0 saturated heterocycles. The lowest BCUT2D eigenvalue weighted by atomic mass is 10.0. The molecule has 0 fully saturated rings. The van der Waals surface area contributed by atoms with Crippen LogP contribution in [0, 0.1) is 0 Å². The van der Waals surface area contributed by atoms with E-state index in [1.807, 2.05) is 0 Å². The maximum absolute atomic E-state index is 12.7. The molecule has 9 nitrogen and oxygen atoms in total. The van der Waals surface area contributed by atoms with Crippen molar-refractivity contribution in [3.63, 3.8) is 0 Å². The Morgan fingerprint density at radius 1 is 0.383 bits per heavy atom. The third-order valence-corrected chi connectivity index (χ3v) is 15.2. The second-order valence-electron chi connectivity index (χ2n) is 22.0. The largest absolute Gasteiger partial charge is 0.472 e. The molecule has 0 spiro atoms. The Kier molecular flexibility index (Phi) is 63.1. The SMILES string of the molecule is CC/C=C\C/C=C\C/C=C\C/C=C\C/C=C\C/C=C\C/C=C\C/C=C\C/C=C\CCCCCCCCCCCCCC(=O)OC(COC(=O)CCCCCCCCCCCCCCCCCCCCCCC)COP(=O)(O)OCCN. The molecule has 0 saturated carbocycles. The van der Waals surface area contributed by atoms with Crippen LogP contribution < -0.4 is 5.73 Å². The molecule has 0 bridgehead atoms. The van der Waals surface area contributed by atoms with E-state index in [1.54, 1.807) is 0 Å². The molecule has 10 heteroatoms. The van der Waals surface area contributed by atoms with Crippen molar-refractivity contribution in [1.29, 1.82) is 0 Å². The van der Waals surface area contributed by atoms with Crippen molar-refractivity contribution in [1.82, 2.24) is 0 Å². The van der Waals surface area contributed by atoms with E-state index >= 15 is 0 Å². The Morgan fingerprint density at radius 3 is 1.01 bits per heavy atom. The third-order valence-electron chi connectivity index (χ3n) is 14.2. The molecule has 0 aliphatic rings. The van der Waals surface area contributed by atoms with Gasteiger partial charge in [0.15, 0.2) is 6.10 Å². The molecule has 0 aliphatic heterocycles. The molecule has 0 aromatic rings. The molecule has 0 aliphatic carbocycles. The molecule has 2 atom stereocenters. The minimum atomic E-state index is -4.40. The summed E-state index contributed by atoms with van der Waals surface area (Å²) in [5.41, 5.74) is 5.39. The molecule has 3 N–H and O–H groups in total. The van der Waals surface area contributed by atoms with Gasteiger partial charge < -0.3 is 20.1 Å². The van der Waals surface area contributed by atoms with Crippen LogP contribution in [0.3, 0.4) is 0 Å². The van der Waals surface area contributed by atoms with E-state index in [0.29, 0.717) is 6.42 Å². The fraction of sp³-hybridized carbons (Fsp3) is 0.718. The predicted octanol–water partition coefficient (Wildman–Crippen LogP) is 21.7. The summed E-state index contributed by atoms with van der Waals surface area (Å²) < 4.78 is 33.1. The van der Waals surface area contributed by atoms with Gasteiger partial charge in [-0.05, 0) is 83.5 Å². The second kappa shape index (κ2) is 65.8. The lowest BCUT2D eigenvalue weighted by Crippen LogP contribution is -2.29. The first-order valence-electron chi connectivity index (χ1n) is 33.4. The molecule has 466 valence electrons. The minimum Gasteiger partial charge on any atom is -0.462 e. The van der Waals surface area contributed by atoms with Crippen LogP contribution in [-0.2, 0) is 32.7 Å². The van der Waals surface area contributed by atoms with E-state index in [2.05, 4.69) is 123 Å². The normalized spacial score (nSPS) is 13.7. The molecular weight excluding hydrogens is 1030 g/mol. The van der Waals surface area contributed by atoms with E-state index in [-0.39, 0.29) is 38.6 Å². The van der Waals surface area contributed by atoms with Crippen LogP contribution in [0.15, 0.2) is 109 Å². The van der Waals surface area contributed by atoms with E-state index < -0.39 is 26.5 Å². The molecule has 81 heavy (non-hydrogen) atoms. The van der Waals surface area contributed by atoms with Gasteiger partial charge >= 0.3 is 19.8 Å². The third kappa shape index (κ3) is 65.7. The highest BCUT2D eigenvalue weighted by Crippen LogP contribution is 2.43. The maximum Gasteiger partial charge on any atom is 0.472 e. The number of carbonyl (C=O) groups excluding carboxylic acids is 2. The lowest BCUT2D eigenvalue weighted by molar-refractivity contribution is -0.161. The summed E-state index contributed by atoms with van der Waals surface area (Å²) in [6.45, 7) is 3.66. The summed E-state index contributed by atoms with van der Waals surface area (Å²) >= 11 is 0. The van der Waals surface area contributed by atoms with Crippen LogP contribution in [0.25, 0.3) is 0 Å². The summed E-state index contributed by atoms with van der Waals surface area (Å²) in [5.74, 6) is -0.823. The van der Waals surface area contributed by atoms with E-state index in [1.165, 1.54) is 161 Å². The van der Waals surface area contributed by atoms with Gasteiger partial charge in [-0.1, -0.05) is 309 Å². The van der Waals surface area contributed by atoms with Crippen molar-refractivity contribution in [2.75, 3.05) is 26.4 Å². The first-order chi connectivity index (χ1) is 39.8. The van der Waals surface area contributed by atoms with Crippen LogP contribution in [0.2, 0.25) is 0 Å². The highest BCUT2D eigenvalue weighted by Gasteiger charge is 2.26. The Labute approximate surface area is 499 Å². The van der Waals surface area contributed by atoms with Gasteiger partial charge in [-0.2, -0.15) is 0 Å². The second-order valence-corrected chi connectivity index (χ2v) is 23.4. The van der Waals surface area contributed by atoms with Crippen molar-refractivity contribution in [2.45, 2.75) is 302 Å². The Hall–Kier alpha value is -3.33. The number of unbranched alkanes of at least 4 members (excludes halogenated alkanes) is 31. The van der Waals surface area contributed by atoms with Gasteiger partial charge in [0, 0.05) is 19.4 Å². The molecule has 0 rings (SSSR count). The summed E-state index contributed by atoms with van der Waals surface area (Å²) in [5, 5.41) is 0. The Balaban J connectivity index is 3.92. The van der Waals surface area contributed by atoms with E-state index in [0.717, 1.165) is 103 Å². The maximum atomic E-state index is 12.7. The van der Waals surface area contributed by atoms with Gasteiger partial charge in [0.2, 0.25) is 0 Å². The number of phosphoric acid groups is 1. The zero-order chi connectivity index (χ0) is 58.7. The number of rotatable bonds is 62. The predicted molar refractivity (Wildman–Crippen MR) is 348 cm³/mol. The highest BCUT2D eigenvalue weighted by atomic mass is 31.2.